The molecule has 0 spiro atoms. The zero-order chi connectivity index (χ0) is 19.0. The van der Waals surface area contributed by atoms with Crippen LogP contribution in [0.5, 0.6) is 0 Å². The number of hydrogen-bond donors (Lipinski definition) is 1. The first-order valence-corrected chi connectivity index (χ1v) is 9.28. The number of rotatable bonds is 4. The molecule has 2 aliphatic rings. The molecule has 1 fully saturated rings. The lowest BCUT2D eigenvalue weighted by Gasteiger charge is -2.31. The molecule has 4 rings (SSSR count). The normalized spacial score (nSPS) is 17.0. The molecule has 138 valence electrons. The number of carbonyl (C=O) groups excluding carboxylic acids is 3. The van der Waals surface area contributed by atoms with E-state index in [4.69, 9.17) is 0 Å². The van der Waals surface area contributed by atoms with Gasteiger partial charge >= 0.3 is 0 Å². The van der Waals surface area contributed by atoms with Crippen LogP contribution in [-0.2, 0) is 22.6 Å². The van der Waals surface area contributed by atoms with E-state index in [0.717, 1.165) is 12.0 Å². The first kappa shape index (κ1) is 17.5. The van der Waals surface area contributed by atoms with Crippen LogP contribution in [0.15, 0.2) is 48.5 Å². The van der Waals surface area contributed by atoms with E-state index >= 15 is 0 Å². The number of benzene rings is 2. The summed E-state index contributed by atoms with van der Waals surface area (Å²) < 4.78 is 0. The van der Waals surface area contributed by atoms with E-state index in [9.17, 15) is 14.4 Å². The van der Waals surface area contributed by atoms with Crippen LogP contribution in [0.2, 0.25) is 0 Å². The summed E-state index contributed by atoms with van der Waals surface area (Å²) >= 11 is 0. The Bertz CT molecular complexity index is 913. The summed E-state index contributed by atoms with van der Waals surface area (Å²) in [6, 6.07) is 14.9. The maximum absolute atomic E-state index is 13.1. The van der Waals surface area contributed by atoms with E-state index < -0.39 is 5.41 Å². The summed E-state index contributed by atoms with van der Waals surface area (Å²) in [5.74, 6) is -0.344. The van der Waals surface area contributed by atoms with Crippen LogP contribution < -0.4 is 5.32 Å². The molecule has 1 saturated carbocycles. The summed E-state index contributed by atoms with van der Waals surface area (Å²) in [4.78, 5) is 39.1. The Labute approximate surface area is 158 Å². The van der Waals surface area contributed by atoms with Gasteiger partial charge in [-0.15, -0.1) is 0 Å². The van der Waals surface area contributed by atoms with Gasteiger partial charge in [-0.2, -0.15) is 0 Å². The molecule has 1 heterocycles. The fraction of sp³-hybridized carbons (Fsp3) is 0.318. The van der Waals surface area contributed by atoms with Crippen LogP contribution in [0.3, 0.4) is 0 Å². The SMILES string of the molecule is CC(=O)c1ccc(NC(=O)C2(C(=O)N3CCc4ccccc4C3)CC2)cc1. The summed E-state index contributed by atoms with van der Waals surface area (Å²) in [6.07, 6.45) is 1.99. The summed E-state index contributed by atoms with van der Waals surface area (Å²) in [7, 11) is 0. The Balaban J connectivity index is 1.46. The number of hydrogen-bond acceptors (Lipinski definition) is 3. The molecule has 2 amide bonds. The van der Waals surface area contributed by atoms with Crippen molar-refractivity contribution in [2.24, 2.45) is 5.41 Å². The number of nitrogens with zero attached hydrogens (tertiary/aromatic N) is 1. The second kappa shape index (κ2) is 6.65. The average Bonchev–Trinajstić information content (AvgIpc) is 3.49. The van der Waals surface area contributed by atoms with Gasteiger partial charge in [-0.05, 0) is 61.6 Å². The molecule has 0 radical (unpaired) electrons. The van der Waals surface area contributed by atoms with Gasteiger partial charge in [0.1, 0.15) is 5.41 Å². The maximum atomic E-state index is 13.1. The molecule has 2 aromatic rings. The number of Topliss-reactive ketones (excluding diaryl/α,β-unsaturated/α-hetero) is 1. The third-order valence-electron chi connectivity index (χ3n) is 5.56. The zero-order valence-electron chi connectivity index (χ0n) is 15.3. The third-order valence-corrected chi connectivity index (χ3v) is 5.56. The standard InChI is InChI=1S/C22H22N2O3/c1-15(25)16-6-8-19(9-7-16)23-20(26)22(11-12-22)21(27)24-13-10-17-4-2-3-5-18(17)14-24/h2-9H,10-14H2,1H3,(H,23,26). The average molecular weight is 362 g/mol. The van der Waals surface area contributed by atoms with Crippen LogP contribution in [-0.4, -0.2) is 29.0 Å². The van der Waals surface area contributed by atoms with E-state index in [0.29, 0.717) is 37.2 Å². The molecule has 1 aliphatic heterocycles. The number of nitrogens with one attached hydrogen (secondary N) is 1. The predicted octanol–water partition coefficient (Wildman–Crippen LogP) is 3.19. The van der Waals surface area contributed by atoms with Crippen molar-refractivity contribution in [1.29, 1.82) is 0 Å². The summed E-state index contributed by atoms with van der Waals surface area (Å²) in [6.45, 7) is 2.72. The summed E-state index contributed by atoms with van der Waals surface area (Å²) in [5, 5.41) is 2.85. The highest BCUT2D eigenvalue weighted by Crippen LogP contribution is 2.48. The van der Waals surface area contributed by atoms with E-state index in [-0.39, 0.29) is 17.6 Å². The molecule has 1 N–H and O–H groups in total. The van der Waals surface area contributed by atoms with Crippen molar-refractivity contribution in [3.8, 4) is 0 Å². The highest BCUT2D eigenvalue weighted by atomic mass is 16.2. The maximum Gasteiger partial charge on any atom is 0.240 e. The van der Waals surface area contributed by atoms with E-state index in [1.807, 2.05) is 23.1 Å². The van der Waals surface area contributed by atoms with Crippen molar-refractivity contribution < 1.29 is 14.4 Å². The van der Waals surface area contributed by atoms with Crippen molar-refractivity contribution in [3.63, 3.8) is 0 Å². The van der Waals surface area contributed by atoms with E-state index in [1.54, 1.807) is 24.3 Å². The highest BCUT2D eigenvalue weighted by molar-refractivity contribution is 6.13. The molecular formula is C22H22N2O3. The molecule has 0 saturated heterocycles. The second-order valence-electron chi connectivity index (χ2n) is 7.42. The lowest BCUT2D eigenvalue weighted by atomic mass is 9.97. The van der Waals surface area contributed by atoms with Crippen molar-refractivity contribution in [3.05, 3.63) is 65.2 Å². The topological polar surface area (TPSA) is 66.5 Å². The fourth-order valence-corrected chi connectivity index (χ4v) is 3.67. The van der Waals surface area contributed by atoms with Gasteiger partial charge in [-0.3, -0.25) is 14.4 Å². The molecule has 0 atom stereocenters. The molecule has 0 unspecified atom stereocenters. The van der Waals surface area contributed by atoms with Gasteiger partial charge in [0.15, 0.2) is 5.78 Å². The lowest BCUT2D eigenvalue weighted by molar-refractivity contribution is -0.143. The Morgan fingerprint density at radius 1 is 0.963 bits per heavy atom. The molecular weight excluding hydrogens is 340 g/mol. The zero-order valence-corrected chi connectivity index (χ0v) is 15.3. The molecule has 1 aliphatic carbocycles. The largest absolute Gasteiger partial charge is 0.337 e. The van der Waals surface area contributed by atoms with Crippen LogP contribution in [0.4, 0.5) is 5.69 Å². The van der Waals surface area contributed by atoms with Crippen molar-refractivity contribution in [2.45, 2.75) is 32.7 Å². The molecule has 0 aromatic heterocycles. The van der Waals surface area contributed by atoms with Gasteiger partial charge in [0.2, 0.25) is 11.8 Å². The first-order valence-electron chi connectivity index (χ1n) is 9.28. The second-order valence-corrected chi connectivity index (χ2v) is 7.42. The first-order chi connectivity index (χ1) is 13.0. The number of carbonyl (C=O) groups is 3. The van der Waals surface area contributed by atoms with Crippen molar-refractivity contribution in [1.82, 2.24) is 4.90 Å². The highest BCUT2D eigenvalue weighted by Gasteiger charge is 2.58. The van der Waals surface area contributed by atoms with Gasteiger partial charge in [0.05, 0.1) is 0 Å². The van der Waals surface area contributed by atoms with Crippen LogP contribution in [0.25, 0.3) is 0 Å². The van der Waals surface area contributed by atoms with Crippen molar-refractivity contribution >= 4 is 23.3 Å². The monoisotopic (exact) mass is 362 g/mol. The number of ketones is 1. The number of amides is 2. The summed E-state index contributed by atoms with van der Waals surface area (Å²) in [5.41, 5.74) is 2.70. The predicted molar refractivity (Wildman–Crippen MR) is 102 cm³/mol. The van der Waals surface area contributed by atoms with Crippen LogP contribution in [0, 0.1) is 5.41 Å². The minimum atomic E-state index is -0.939. The van der Waals surface area contributed by atoms with Gasteiger partial charge in [-0.1, -0.05) is 24.3 Å². The Morgan fingerprint density at radius 3 is 2.26 bits per heavy atom. The Kier molecular flexibility index (Phi) is 4.30. The Morgan fingerprint density at radius 2 is 1.63 bits per heavy atom. The minimum absolute atomic E-state index is 0.0212. The quantitative estimate of drug-likeness (QED) is 0.671. The molecule has 0 bridgehead atoms. The minimum Gasteiger partial charge on any atom is -0.337 e. The molecule has 27 heavy (non-hydrogen) atoms. The third kappa shape index (κ3) is 3.25. The molecule has 5 heteroatoms. The molecule has 2 aromatic carbocycles. The lowest BCUT2D eigenvalue weighted by Crippen LogP contribution is -2.45. The van der Waals surface area contributed by atoms with E-state index in [2.05, 4.69) is 11.4 Å². The fourth-order valence-electron chi connectivity index (χ4n) is 3.67. The van der Waals surface area contributed by atoms with Gasteiger partial charge in [-0.25, -0.2) is 0 Å². The number of fused-ring (bicyclic) bond motifs is 1. The van der Waals surface area contributed by atoms with Crippen molar-refractivity contribution in [2.75, 3.05) is 11.9 Å². The van der Waals surface area contributed by atoms with Crippen LogP contribution in [0.1, 0.15) is 41.3 Å². The van der Waals surface area contributed by atoms with Crippen LogP contribution >= 0.6 is 0 Å². The Hall–Kier alpha value is -2.95. The molecule has 5 nitrogen and oxygen atoms in total. The number of anilines is 1. The van der Waals surface area contributed by atoms with Gasteiger partial charge < -0.3 is 10.2 Å². The smallest absolute Gasteiger partial charge is 0.240 e. The van der Waals surface area contributed by atoms with Gasteiger partial charge in [0, 0.05) is 24.3 Å². The van der Waals surface area contributed by atoms with E-state index in [1.165, 1.54) is 12.5 Å². The van der Waals surface area contributed by atoms with Gasteiger partial charge in [0.25, 0.3) is 0 Å².